The first-order chi connectivity index (χ1) is 15.6. The van der Waals surface area contributed by atoms with E-state index in [1.807, 2.05) is 25.9 Å². The van der Waals surface area contributed by atoms with Gasteiger partial charge in [0.25, 0.3) is 5.91 Å². The van der Waals surface area contributed by atoms with E-state index in [2.05, 4.69) is 4.98 Å². The van der Waals surface area contributed by atoms with Crippen LogP contribution in [0.4, 0.5) is 9.52 Å². The molecule has 0 unspecified atom stereocenters. The standard InChI is InChI=1S/C23H29FN4O3S2.ClH/c1-5-6-14-27(4)33(30,31)18-12-10-17(11-13-18)22(29)28(16-15-26(2)3)23-25-21-19(24)8-7-9-20(21)32-23;/h7-13H,5-6,14-16H2,1-4H3;1H. The summed E-state index contributed by atoms with van der Waals surface area (Å²) in [6, 6.07) is 10.7. The number of fused-ring (bicyclic) bond motifs is 1. The van der Waals surface area contributed by atoms with Crippen LogP contribution in [0.25, 0.3) is 10.2 Å². The van der Waals surface area contributed by atoms with Crippen LogP contribution in [-0.2, 0) is 10.0 Å². The van der Waals surface area contributed by atoms with E-state index in [1.165, 1.54) is 50.9 Å². The maximum atomic E-state index is 14.2. The number of amides is 1. The molecule has 0 radical (unpaired) electrons. The lowest BCUT2D eigenvalue weighted by molar-refractivity contribution is 0.0985. The molecule has 0 spiro atoms. The lowest BCUT2D eigenvalue weighted by Gasteiger charge is -2.22. The first kappa shape index (κ1) is 28.1. The number of rotatable bonds is 10. The molecule has 0 N–H and O–H groups in total. The third-order valence-corrected chi connectivity index (χ3v) is 8.16. The highest BCUT2D eigenvalue weighted by atomic mass is 35.5. The molecule has 0 bridgehead atoms. The Morgan fingerprint density at radius 1 is 1.03 bits per heavy atom. The summed E-state index contributed by atoms with van der Waals surface area (Å²) < 4.78 is 41.7. The van der Waals surface area contributed by atoms with E-state index in [-0.39, 0.29) is 28.7 Å². The third-order valence-electron chi connectivity index (χ3n) is 5.24. The highest BCUT2D eigenvalue weighted by molar-refractivity contribution is 7.89. The second-order valence-corrected chi connectivity index (χ2v) is 11.1. The van der Waals surface area contributed by atoms with Gasteiger partial charge in [-0.2, -0.15) is 0 Å². The van der Waals surface area contributed by atoms with Crippen LogP contribution in [0.15, 0.2) is 47.4 Å². The normalized spacial score (nSPS) is 11.7. The smallest absolute Gasteiger partial charge is 0.260 e. The lowest BCUT2D eigenvalue weighted by Crippen LogP contribution is -2.36. The molecule has 34 heavy (non-hydrogen) atoms. The minimum absolute atomic E-state index is 0. The Bertz CT molecular complexity index is 1220. The number of halogens is 2. The van der Waals surface area contributed by atoms with E-state index in [0.717, 1.165) is 12.8 Å². The van der Waals surface area contributed by atoms with E-state index in [1.54, 1.807) is 19.2 Å². The van der Waals surface area contributed by atoms with Gasteiger partial charge in [0.15, 0.2) is 5.13 Å². The first-order valence-electron chi connectivity index (χ1n) is 10.7. The van der Waals surface area contributed by atoms with Gasteiger partial charge < -0.3 is 4.90 Å². The summed E-state index contributed by atoms with van der Waals surface area (Å²) in [5.41, 5.74) is 0.570. The molecule has 0 fully saturated rings. The summed E-state index contributed by atoms with van der Waals surface area (Å²) >= 11 is 1.25. The van der Waals surface area contributed by atoms with Crippen LogP contribution in [0.3, 0.4) is 0 Å². The molecule has 0 aliphatic carbocycles. The molecule has 2 aromatic carbocycles. The Hall–Kier alpha value is -2.11. The Morgan fingerprint density at radius 3 is 2.29 bits per heavy atom. The van der Waals surface area contributed by atoms with Crippen molar-refractivity contribution in [2.75, 3.05) is 45.7 Å². The maximum absolute atomic E-state index is 14.2. The van der Waals surface area contributed by atoms with Crippen LogP contribution < -0.4 is 4.90 Å². The van der Waals surface area contributed by atoms with Crippen LogP contribution in [0.5, 0.6) is 0 Å². The average Bonchev–Trinajstić information content (AvgIpc) is 3.22. The van der Waals surface area contributed by atoms with Gasteiger partial charge in [-0.1, -0.05) is 30.7 Å². The number of hydrogen-bond acceptors (Lipinski definition) is 6. The average molecular weight is 529 g/mol. The van der Waals surface area contributed by atoms with Gasteiger partial charge in [0, 0.05) is 32.2 Å². The number of nitrogens with zero attached hydrogens (tertiary/aromatic N) is 4. The summed E-state index contributed by atoms with van der Waals surface area (Å²) in [6.45, 7) is 3.38. The number of likely N-dealkylation sites (N-methyl/N-ethyl adjacent to an activating group) is 1. The summed E-state index contributed by atoms with van der Waals surface area (Å²) in [5, 5.41) is 0.401. The van der Waals surface area contributed by atoms with E-state index in [0.29, 0.717) is 35.0 Å². The lowest BCUT2D eigenvalue weighted by atomic mass is 10.2. The fourth-order valence-electron chi connectivity index (χ4n) is 3.21. The third kappa shape index (κ3) is 6.31. The summed E-state index contributed by atoms with van der Waals surface area (Å²) in [5.74, 6) is -0.753. The van der Waals surface area contributed by atoms with Crippen molar-refractivity contribution in [2.24, 2.45) is 0 Å². The summed E-state index contributed by atoms with van der Waals surface area (Å²) in [7, 11) is 1.73. The first-order valence-corrected chi connectivity index (χ1v) is 13.0. The summed E-state index contributed by atoms with van der Waals surface area (Å²) in [6.07, 6.45) is 1.67. The van der Waals surface area contributed by atoms with E-state index >= 15 is 0 Å². The number of aromatic nitrogens is 1. The molecule has 1 amide bonds. The van der Waals surface area contributed by atoms with Gasteiger partial charge in [0.1, 0.15) is 11.3 Å². The molecule has 0 saturated heterocycles. The SMILES string of the molecule is CCCCN(C)S(=O)(=O)c1ccc(C(=O)N(CCN(C)C)c2nc3c(F)cccc3s2)cc1.Cl. The molecule has 186 valence electrons. The van der Waals surface area contributed by atoms with Gasteiger partial charge in [-0.05, 0) is 56.9 Å². The predicted octanol–water partition coefficient (Wildman–Crippen LogP) is 4.49. The van der Waals surface area contributed by atoms with Gasteiger partial charge in [-0.15, -0.1) is 12.4 Å². The molecule has 1 aromatic heterocycles. The minimum atomic E-state index is -3.62. The Balaban J connectivity index is 0.00000408. The van der Waals surface area contributed by atoms with E-state index < -0.39 is 15.8 Å². The molecule has 11 heteroatoms. The van der Waals surface area contributed by atoms with Gasteiger partial charge >= 0.3 is 0 Å². The van der Waals surface area contributed by atoms with Gasteiger partial charge in [-0.3, -0.25) is 9.69 Å². The van der Waals surface area contributed by atoms with Gasteiger partial charge in [-0.25, -0.2) is 22.1 Å². The largest absolute Gasteiger partial charge is 0.308 e. The number of carbonyl (C=O) groups excluding carboxylic acids is 1. The molecule has 3 aromatic rings. The maximum Gasteiger partial charge on any atom is 0.260 e. The predicted molar refractivity (Wildman–Crippen MR) is 138 cm³/mol. The molecular weight excluding hydrogens is 499 g/mol. The topological polar surface area (TPSA) is 73.8 Å². The molecule has 0 atom stereocenters. The number of unbranched alkanes of at least 4 members (excludes halogenated alkanes) is 1. The fraction of sp³-hybridized carbons (Fsp3) is 0.391. The number of carbonyl (C=O) groups is 1. The van der Waals surface area contributed by atoms with Gasteiger partial charge in [0.2, 0.25) is 10.0 Å². The van der Waals surface area contributed by atoms with Crippen molar-refractivity contribution in [2.45, 2.75) is 24.7 Å². The van der Waals surface area contributed by atoms with Crippen molar-refractivity contribution in [3.05, 3.63) is 53.8 Å². The number of thiazole rings is 1. The van der Waals surface area contributed by atoms with Gasteiger partial charge in [0.05, 0.1) is 9.60 Å². The zero-order valence-corrected chi connectivity index (χ0v) is 22.1. The molecule has 3 rings (SSSR count). The van der Waals surface area contributed by atoms with Crippen molar-refractivity contribution in [3.8, 4) is 0 Å². The van der Waals surface area contributed by atoms with Crippen molar-refractivity contribution in [3.63, 3.8) is 0 Å². The van der Waals surface area contributed by atoms with Crippen molar-refractivity contribution >= 4 is 55.0 Å². The highest BCUT2D eigenvalue weighted by Gasteiger charge is 2.24. The highest BCUT2D eigenvalue weighted by Crippen LogP contribution is 2.31. The van der Waals surface area contributed by atoms with E-state index in [9.17, 15) is 17.6 Å². The van der Waals surface area contributed by atoms with Crippen LogP contribution in [0, 0.1) is 5.82 Å². The fourth-order valence-corrected chi connectivity index (χ4v) is 5.42. The number of para-hydroxylation sites is 1. The molecule has 0 aliphatic rings. The Morgan fingerprint density at radius 2 is 1.71 bits per heavy atom. The number of hydrogen-bond donors (Lipinski definition) is 0. The number of anilines is 1. The van der Waals surface area contributed by atoms with Crippen LogP contribution in [-0.4, -0.2) is 69.3 Å². The van der Waals surface area contributed by atoms with Crippen LogP contribution >= 0.6 is 23.7 Å². The van der Waals surface area contributed by atoms with Crippen LogP contribution in [0.1, 0.15) is 30.1 Å². The van der Waals surface area contributed by atoms with Crippen LogP contribution in [0.2, 0.25) is 0 Å². The van der Waals surface area contributed by atoms with Crippen molar-refractivity contribution in [1.29, 1.82) is 0 Å². The Labute approximate surface area is 210 Å². The second-order valence-electron chi connectivity index (χ2n) is 8.05. The minimum Gasteiger partial charge on any atom is -0.308 e. The van der Waals surface area contributed by atoms with Crippen molar-refractivity contribution in [1.82, 2.24) is 14.2 Å². The van der Waals surface area contributed by atoms with E-state index in [4.69, 9.17) is 0 Å². The molecule has 0 aliphatic heterocycles. The molecule has 7 nitrogen and oxygen atoms in total. The molecule has 0 saturated carbocycles. The van der Waals surface area contributed by atoms with Crippen molar-refractivity contribution < 1.29 is 17.6 Å². The Kier molecular flexibility index (Phi) is 9.96. The summed E-state index contributed by atoms with van der Waals surface area (Å²) in [4.78, 5) is 21.3. The monoisotopic (exact) mass is 528 g/mol. The molecular formula is C23H30ClFN4O3S2. The quantitative estimate of drug-likeness (QED) is 0.388. The zero-order valence-electron chi connectivity index (χ0n) is 19.7. The number of sulfonamides is 1. The zero-order chi connectivity index (χ0) is 24.2. The number of benzene rings is 2. The second kappa shape index (κ2) is 12.0. The molecule has 1 heterocycles.